The van der Waals surface area contributed by atoms with Crippen molar-refractivity contribution in [3.63, 3.8) is 0 Å². The lowest BCUT2D eigenvalue weighted by atomic mass is 10.5. The van der Waals surface area contributed by atoms with Gasteiger partial charge in [0.1, 0.15) is 0 Å². The lowest BCUT2D eigenvalue weighted by Crippen LogP contribution is -3.00. The summed E-state index contributed by atoms with van der Waals surface area (Å²) in [5.41, 5.74) is 0. The van der Waals surface area contributed by atoms with Crippen molar-refractivity contribution in [2.24, 2.45) is 14.1 Å². The maximum absolute atomic E-state index is 2.18. The molecule has 2 aromatic rings. The van der Waals surface area contributed by atoms with Crippen LogP contribution < -0.4 is 38.8 Å². The Kier molecular flexibility index (Phi) is 12.9. The molecule has 0 aliphatic rings. The molecule has 0 spiro atoms. The molecule has 0 N–H and O–H groups in total. The van der Waals surface area contributed by atoms with Crippen LogP contribution in [0.15, 0.2) is 36.9 Å². The Labute approximate surface area is 139 Å². The fourth-order valence-electron chi connectivity index (χ4n) is 1.83. The van der Waals surface area contributed by atoms with E-state index in [2.05, 4.69) is 83.6 Å². The highest BCUT2D eigenvalue weighted by Crippen LogP contribution is 1.84. The normalized spacial score (nSPS) is 9.00. The number of hydrogen-bond donors (Lipinski definition) is 0. The largest absolute Gasteiger partial charge is 1.00 e. The molecule has 4 nitrogen and oxygen atoms in total. The fraction of sp³-hybridized carbons (Fsp3) is 0.571. The molecule has 0 saturated heterocycles. The van der Waals surface area contributed by atoms with Gasteiger partial charge in [-0.1, -0.05) is 13.8 Å². The number of hydrogen-bond acceptors (Lipinski definition) is 0. The van der Waals surface area contributed by atoms with E-state index in [-0.39, 0.29) is 29.4 Å². The van der Waals surface area contributed by atoms with E-state index in [9.17, 15) is 0 Å². The fourth-order valence-corrected chi connectivity index (χ4v) is 1.83. The van der Waals surface area contributed by atoms with Gasteiger partial charge in [0.15, 0.2) is 26.5 Å². The SMILES string of the molecule is CCCn1ccc[n+]1C.CCCn1ccc[n+]1C.[Br-].[Cl-]. The molecule has 116 valence electrons. The number of halogens is 2. The van der Waals surface area contributed by atoms with Crippen LogP contribution in [-0.4, -0.2) is 9.36 Å². The minimum absolute atomic E-state index is 0. The van der Waals surface area contributed by atoms with Gasteiger partial charge in [0, 0.05) is 12.1 Å². The Morgan fingerprint density at radius 2 is 1.15 bits per heavy atom. The molecule has 0 radical (unpaired) electrons. The zero-order chi connectivity index (χ0) is 13.4. The molecule has 0 aliphatic carbocycles. The van der Waals surface area contributed by atoms with Gasteiger partial charge >= 0.3 is 0 Å². The van der Waals surface area contributed by atoms with E-state index in [0.717, 1.165) is 13.1 Å². The number of aryl methyl sites for hydroxylation is 4. The molecule has 0 saturated carbocycles. The van der Waals surface area contributed by atoms with Crippen LogP contribution in [0.4, 0.5) is 0 Å². The van der Waals surface area contributed by atoms with Crippen molar-refractivity contribution >= 4 is 0 Å². The summed E-state index contributed by atoms with van der Waals surface area (Å²) in [4.78, 5) is 0. The molecular weight excluding hydrogens is 340 g/mol. The molecule has 0 aromatic carbocycles. The quantitative estimate of drug-likeness (QED) is 0.486. The topological polar surface area (TPSA) is 17.6 Å². The molecule has 0 bridgehead atoms. The van der Waals surface area contributed by atoms with E-state index in [4.69, 9.17) is 0 Å². The highest BCUT2D eigenvalue weighted by atomic mass is 79.9. The van der Waals surface area contributed by atoms with Crippen molar-refractivity contribution in [1.82, 2.24) is 9.36 Å². The molecule has 0 amide bonds. The molecule has 2 heterocycles. The third-order valence-electron chi connectivity index (χ3n) is 2.84. The Hall–Kier alpha value is -0.810. The third-order valence-corrected chi connectivity index (χ3v) is 2.84. The number of rotatable bonds is 4. The molecule has 0 atom stereocenters. The summed E-state index contributed by atoms with van der Waals surface area (Å²) >= 11 is 0. The summed E-state index contributed by atoms with van der Waals surface area (Å²) in [5, 5.41) is 0. The average Bonchev–Trinajstić information content (AvgIpc) is 2.92. The molecule has 20 heavy (non-hydrogen) atoms. The Morgan fingerprint density at radius 3 is 1.35 bits per heavy atom. The minimum atomic E-state index is 0. The summed E-state index contributed by atoms with van der Waals surface area (Å²) in [6, 6.07) is 4.10. The smallest absolute Gasteiger partial charge is 0.195 e. The van der Waals surface area contributed by atoms with Gasteiger partial charge in [0.25, 0.3) is 0 Å². The highest BCUT2D eigenvalue weighted by molar-refractivity contribution is 4.71. The maximum Gasteiger partial charge on any atom is 0.195 e. The van der Waals surface area contributed by atoms with E-state index in [1.165, 1.54) is 12.8 Å². The van der Waals surface area contributed by atoms with Crippen LogP contribution in [0.1, 0.15) is 26.7 Å². The molecule has 6 heteroatoms. The predicted molar refractivity (Wildman–Crippen MR) is 71.8 cm³/mol. The molecule has 0 aliphatic heterocycles. The lowest BCUT2D eigenvalue weighted by Gasteiger charge is -1.93. The molecule has 2 rings (SSSR count). The van der Waals surface area contributed by atoms with Gasteiger partial charge in [-0.05, 0) is 12.8 Å². The third kappa shape index (κ3) is 7.10. The molecule has 2 aromatic heterocycles. The van der Waals surface area contributed by atoms with Crippen molar-refractivity contribution in [3.05, 3.63) is 36.9 Å². The summed E-state index contributed by atoms with van der Waals surface area (Å²) < 4.78 is 8.53. The van der Waals surface area contributed by atoms with Gasteiger partial charge in [0.05, 0.1) is 25.5 Å². The van der Waals surface area contributed by atoms with E-state index < -0.39 is 0 Å². The zero-order valence-corrected chi connectivity index (χ0v) is 15.2. The van der Waals surface area contributed by atoms with Gasteiger partial charge in [0.2, 0.25) is 0 Å². The second kappa shape index (κ2) is 12.0. The Balaban J connectivity index is 0. The molecular formula is C14H26BrClN4. The highest BCUT2D eigenvalue weighted by Gasteiger charge is 1.97. The van der Waals surface area contributed by atoms with Crippen LogP contribution in [0.3, 0.4) is 0 Å². The van der Waals surface area contributed by atoms with E-state index in [1.807, 2.05) is 0 Å². The van der Waals surface area contributed by atoms with Crippen molar-refractivity contribution < 1.29 is 38.8 Å². The summed E-state index contributed by atoms with van der Waals surface area (Å²) in [5.74, 6) is 0. The summed E-state index contributed by atoms with van der Waals surface area (Å²) in [6.07, 6.45) is 10.7. The van der Waals surface area contributed by atoms with E-state index in [0.29, 0.717) is 0 Å². The first-order chi connectivity index (χ1) is 8.69. The van der Waals surface area contributed by atoms with Crippen LogP contribution in [0.2, 0.25) is 0 Å². The van der Waals surface area contributed by atoms with Crippen LogP contribution >= 0.6 is 0 Å². The second-order valence-electron chi connectivity index (χ2n) is 4.45. The first-order valence-electron chi connectivity index (χ1n) is 6.71. The van der Waals surface area contributed by atoms with Crippen LogP contribution in [-0.2, 0) is 27.2 Å². The Bertz CT molecular complexity index is 411. The first kappa shape index (κ1) is 21.5. The van der Waals surface area contributed by atoms with E-state index in [1.54, 1.807) is 0 Å². The second-order valence-corrected chi connectivity index (χ2v) is 4.45. The predicted octanol–water partition coefficient (Wildman–Crippen LogP) is -4.55. The van der Waals surface area contributed by atoms with Gasteiger partial charge < -0.3 is 29.4 Å². The number of aromatic nitrogens is 4. The summed E-state index contributed by atoms with van der Waals surface area (Å²) in [7, 11) is 4.10. The van der Waals surface area contributed by atoms with E-state index >= 15 is 0 Å². The van der Waals surface area contributed by atoms with Gasteiger partial charge in [-0.25, -0.2) is 0 Å². The standard InChI is InChI=1S/2C7H13N2.BrH.ClH/c2*1-3-5-9-7-4-6-8(9)2;;/h2*4,6-7H,3,5H2,1-2H3;2*1H/q2*+1;;/p-2. The molecule has 0 fully saturated rings. The minimum Gasteiger partial charge on any atom is -1.00 e. The van der Waals surface area contributed by atoms with Gasteiger partial charge in [-0.3, -0.25) is 0 Å². The average molecular weight is 366 g/mol. The van der Waals surface area contributed by atoms with Crippen molar-refractivity contribution in [2.45, 2.75) is 39.8 Å². The van der Waals surface area contributed by atoms with Crippen LogP contribution in [0.25, 0.3) is 0 Å². The van der Waals surface area contributed by atoms with Crippen LogP contribution in [0.5, 0.6) is 0 Å². The number of nitrogens with zero attached hydrogens (tertiary/aromatic N) is 4. The van der Waals surface area contributed by atoms with Gasteiger partial charge in [-0.15, -0.1) is 9.36 Å². The van der Waals surface area contributed by atoms with Crippen molar-refractivity contribution in [2.75, 3.05) is 0 Å². The first-order valence-corrected chi connectivity index (χ1v) is 6.71. The summed E-state index contributed by atoms with van der Waals surface area (Å²) in [6.45, 7) is 6.59. The van der Waals surface area contributed by atoms with Gasteiger partial charge in [-0.2, -0.15) is 9.36 Å². The van der Waals surface area contributed by atoms with Crippen molar-refractivity contribution in [1.29, 1.82) is 0 Å². The lowest BCUT2D eigenvalue weighted by molar-refractivity contribution is -0.753. The zero-order valence-electron chi connectivity index (χ0n) is 12.8. The van der Waals surface area contributed by atoms with Crippen molar-refractivity contribution in [3.8, 4) is 0 Å². The monoisotopic (exact) mass is 364 g/mol. The van der Waals surface area contributed by atoms with Crippen LogP contribution in [0, 0.1) is 0 Å². The Morgan fingerprint density at radius 1 is 0.800 bits per heavy atom. The molecule has 0 unspecified atom stereocenters. The maximum atomic E-state index is 2.18.